The van der Waals surface area contributed by atoms with Crippen molar-refractivity contribution in [3.8, 4) is 0 Å². The number of thioether (sulfide) groups is 1. The van der Waals surface area contributed by atoms with Gasteiger partial charge in [-0.25, -0.2) is 0 Å². The molecule has 3 rings (SSSR count). The lowest BCUT2D eigenvalue weighted by atomic mass is 10.1. The largest absolute Gasteiger partial charge is 0.311 e. The summed E-state index contributed by atoms with van der Waals surface area (Å²) in [6.07, 6.45) is 2.23. The number of nitrogens with zero attached hydrogens (tertiary/aromatic N) is 2. The number of amides is 1. The summed E-state index contributed by atoms with van der Waals surface area (Å²) >= 11 is 1.80. The van der Waals surface area contributed by atoms with Gasteiger partial charge in [-0.15, -0.1) is 11.8 Å². The first-order valence-electron chi connectivity index (χ1n) is 10.9. The van der Waals surface area contributed by atoms with E-state index in [2.05, 4.69) is 73.6 Å². The fourth-order valence-electron chi connectivity index (χ4n) is 3.49. The van der Waals surface area contributed by atoms with Crippen LogP contribution in [0.5, 0.6) is 0 Å². The average Bonchev–Trinajstić information content (AvgIpc) is 2.80. The second-order valence-corrected chi connectivity index (χ2v) is 8.95. The van der Waals surface area contributed by atoms with Crippen LogP contribution in [0, 0.1) is 0 Å². The average molecular weight is 433 g/mol. The maximum absolute atomic E-state index is 13.3. The zero-order valence-electron chi connectivity index (χ0n) is 18.5. The van der Waals surface area contributed by atoms with Gasteiger partial charge >= 0.3 is 0 Å². The lowest BCUT2D eigenvalue weighted by molar-refractivity contribution is -0.118. The van der Waals surface area contributed by atoms with Gasteiger partial charge in [-0.2, -0.15) is 0 Å². The summed E-state index contributed by atoms with van der Waals surface area (Å²) in [5.41, 5.74) is 3.52. The van der Waals surface area contributed by atoms with Crippen LogP contribution in [0.2, 0.25) is 0 Å². The minimum atomic E-state index is 0.190. The van der Waals surface area contributed by atoms with Crippen molar-refractivity contribution < 1.29 is 4.79 Å². The Hall–Kier alpha value is -2.56. The van der Waals surface area contributed by atoms with Crippen LogP contribution in [0.15, 0.2) is 89.8 Å². The molecule has 0 heterocycles. The monoisotopic (exact) mass is 432 g/mol. The van der Waals surface area contributed by atoms with Crippen molar-refractivity contribution in [3.63, 3.8) is 0 Å². The first-order chi connectivity index (χ1) is 15.1. The van der Waals surface area contributed by atoms with Gasteiger partial charge in [0.2, 0.25) is 5.91 Å². The normalized spacial score (nSPS) is 10.9. The number of carbonyl (C=O) groups is 1. The van der Waals surface area contributed by atoms with E-state index >= 15 is 0 Å². The third-order valence-corrected chi connectivity index (χ3v) is 6.29. The predicted octanol–water partition coefficient (Wildman–Crippen LogP) is 5.90. The predicted molar refractivity (Wildman–Crippen MR) is 133 cm³/mol. The topological polar surface area (TPSA) is 23.6 Å². The van der Waals surface area contributed by atoms with Crippen LogP contribution < -0.4 is 4.90 Å². The second kappa shape index (κ2) is 12.3. The molecule has 0 atom stereocenters. The van der Waals surface area contributed by atoms with Crippen molar-refractivity contribution in [2.24, 2.45) is 0 Å². The highest BCUT2D eigenvalue weighted by molar-refractivity contribution is 7.98. The van der Waals surface area contributed by atoms with Crippen molar-refractivity contribution in [3.05, 3.63) is 96.1 Å². The SMILES string of the molecule is CN(C)CCCN(C(=O)CCc1ccccc1)c1ccccc1SCc1ccccc1. The van der Waals surface area contributed by atoms with E-state index in [9.17, 15) is 4.79 Å². The minimum Gasteiger partial charge on any atom is -0.311 e. The van der Waals surface area contributed by atoms with Crippen LogP contribution in [0.1, 0.15) is 24.0 Å². The Labute approximate surface area is 191 Å². The van der Waals surface area contributed by atoms with Gasteiger partial charge in [0, 0.05) is 23.6 Å². The fraction of sp³-hybridized carbons (Fsp3) is 0.296. The van der Waals surface area contributed by atoms with E-state index < -0.39 is 0 Å². The first kappa shape index (κ1) is 23.1. The summed E-state index contributed by atoms with van der Waals surface area (Å²) < 4.78 is 0. The molecule has 162 valence electrons. The fourth-order valence-corrected chi connectivity index (χ4v) is 4.51. The van der Waals surface area contributed by atoms with Crippen LogP contribution in [-0.4, -0.2) is 38.0 Å². The van der Waals surface area contributed by atoms with E-state index in [1.54, 1.807) is 11.8 Å². The minimum absolute atomic E-state index is 0.190. The Balaban J connectivity index is 1.75. The maximum Gasteiger partial charge on any atom is 0.227 e. The molecule has 0 aliphatic carbocycles. The lowest BCUT2D eigenvalue weighted by Gasteiger charge is -2.26. The van der Waals surface area contributed by atoms with Gasteiger partial charge in [-0.1, -0.05) is 72.8 Å². The number of hydrogen-bond donors (Lipinski definition) is 0. The molecule has 0 aliphatic rings. The number of benzene rings is 3. The van der Waals surface area contributed by atoms with Crippen LogP contribution in [0.3, 0.4) is 0 Å². The highest BCUT2D eigenvalue weighted by atomic mass is 32.2. The second-order valence-electron chi connectivity index (χ2n) is 7.93. The zero-order valence-corrected chi connectivity index (χ0v) is 19.4. The van der Waals surface area contributed by atoms with E-state index in [0.29, 0.717) is 6.42 Å². The highest BCUT2D eigenvalue weighted by Gasteiger charge is 2.19. The Morgan fingerprint density at radius 1 is 0.774 bits per heavy atom. The number of hydrogen-bond acceptors (Lipinski definition) is 3. The molecule has 0 aromatic heterocycles. The molecule has 0 bridgehead atoms. The van der Waals surface area contributed by atoms with Crippen LogP contribution in [0.25, 0.3) is 0 Å². The highest BCUT2D eigenvalue weighted by Crippen LogP contribution is 2.33. The van der Waals surface area contributed by atoms with Gasteiger partial charge in [-0.05, 0) is 56.7 Å². The van der Waals surface area contributed by atoms with Gasteiger partial charge in [0.05, 0.1) is 5.69 Å². The maximum atomic E-state index is 13.3. The van der Waals surface area contributed by atoms with Gasteiger partial charge in [0.1, 0.15) is 0 Å². The molecule has 3 aromatic carbocycles. The summed E-state index contributed by atoms with van der Waals surface area (Å²) in [5.74, 6) is 1.08. The quantitative estimate of drug-likeness (QED) is 0.353. The molecule has 0 spiro atoms. The molecular formula is C27H32N2OS. The zero-order chi connectivity index (χ0) is 21.9. The van der Waals surface area contributed by atoms with E-state index in [0.717, 1.165) is 42.3 Å². The van der Waals surface area contributed by atoms with Gasteiger partial charge in [0.25, 0.3) is 0 Å². The molecule has 0 aliphatic heterocycles. The van der Waals surface area contributed by atoms with E-state index in [1.165, 1.54) is 11.1 Å². The van der Waals surface area contributed by atoms with Crippen LogP contribution in [0.4, 0.5) is 5.69 Å². The Morgan fingerprint density at radius 2 is 1.39 bits per heavy atom. The number of carbonyl (C=O) groups excluding carboxylic acids is 1. The molecule has 3 aromatic rings. The van der Waals surface area contributed by atoms with Crippen LogP contribution in [-0.2, 0) is 17.0 Å². The number of aryl methyl sites for hydroxylation is 1. The summed E-state index contributed by atoms with van der Waals surface area (Å²) in [6, 6.07) is 29.0. The van der Waals surface area contributed by atoms with Gasteiger partial charge in [-0.3, -0.25) is 4.79 Å². The standard InChI is InChI=1S/C27H32N2OS/c1-28(2)20-11-21-29(27(30)19-18-23-12-5-3-6-13-23)25-16-9-10-17-26(25)31-22-24-14-7-4-8-15-24/h3-10,12-17H,11,18-22H2,1-2H3. The van der Waals surface area contributed by atoms with Crippen molar-refractivity contribution >= 4 is 23.4 Å². The molecule has 0 saturated heterocycles. The number of para-hydroxylation sites is 1. The van der Waals surface area contributed by atoms with Crippen molar-refractivity contribution in [1.82, 2.24) is 4.90 Å². The van der Waals surface area contributed by atoms with E-state index in [4.69, 9.17) is 0 Å². The first-order valence-corrected chi connectivity index (χ1v) is 11.9. The Morgan fingerprint density at radius 3 is 2.06 bits per heavy atom. The molecule has 0 fully saturated rings. The molecule has 3 nitrogen and oxygen atoms in total. The lowest BCUT2D eigenvalue weighted by Crippen LogP contribution is -2.34. The smallest absolute Gasteiger partial charge is 0.227 e. The molecule has 0 unspecified atom stereocenters. The molecule has 1 amide bonds. The molecule has 0 saturated carbocycles. The van der Waals surface area contributed by atoms with Crippen molar-refractivity contribution in [2.45, 2.75) is 29.9 Å². The molecule has 0 radical (unpaired) electrons. The third kappa shape index (κ3) is 7.57. The summed E-state index contributed by atoms with van der Waals surface area (Å²) in [4.78, 5) is 18.6. The summed E-state index contributed by atoms with van der Waals surface area (Å²) in [6.45, 7) is 1.69. The summed E-state index contributed by atoms with van der Waals surface area (Å²) in [7, 11) is 4.15. The summed E-state index contributed by atoms with van der Waals surface area (Å²) in [5, 5.41) is 0. The van der Waals surface area contributed by atoms with Gasteiger partial charge in [0.15, 0.2) is 0 Å². The Bertz CT molecular complexity index is 928. The van der Waals surface area contributed by atoms with Gasteiger partial charge < -0.3 is 9.80 Å². The van der Waals surface area contributed by atoms with E-state index in [-0.39, 0.29) is 5.91 Å². The number of anilines is 1. The van der Waals surface area contributed by atoms with Crippen molar-refractivity contribution in [2.75, 3.05) is 32.1 Å². The van der Waals surface area contributed by atoms with Crippen molar-refractivity contribution in [1.29, 1.82) is 0 Å². The third-order valence-electron chi connectivity index (χ3n) is 5.15. The molecular weight excluding hydrogens is 400 g/mol. The van der Waals surface area contributed by atoms with E-state index in [1.807, 2.05) is 35.2 Å². The molecule has 31 heavy (non-hydrogen) atoms. The molecule has 0 N–H and O–H groups in total. The molecule has 4 heteroatoms. The van der Waals surface area contributed by atoms with Crippen LogP contribution >= 0.6 is 11.8 Å². The number of rotatable bonds is 11. The Kier molecular flexibility index (Phi) is 9.19.